The van der Waals surface area contributed by atoms with Crippen LogP contribution in [0.3, 0.4) is 0 Å². The third-order valence-electron chi connectivity index (χ3n) is 1.31. The molecule has 0 aromatic rings. The summed E-state index contributed by atoms with van der Waals surface area (Å²) in [5.74, 6) is 5.74. The smallest absolute Gasteiger partial charge is 0.302 e. The van der Waals surface area contributed by atoms with E-state index in [1.54, 1.807) is 0 Å². The van der Waals surface area contributed by atoms with E-state index in [1.165, 1.54) is 13.3 Å². The number of esters is 1. The maximum atomic E-state index is 10.3. The second kappa shape index (κ2) is 8.13. The van der Waals surface area contributed by atoms with Crippen LogP contribution in [0.5, 0.6) is 0 Å². The maximum absolute atomic E-state index is 10.3. The van der Waals surface area contributed by atoms with Crippen molar-refractivity contribution in [2.75, 3.05) is 6.61 Å². The van der Waals surface area contributed by atoms with E-state index in [4.69, 9.17) is 4.74 Å². The molecule has 68 valence electrons. The van der Waals surface area contributed by atoms with Crippen LogP contribution in [-0.4, -0.2) is 12.6 Å². The first-order chi connectivity index (χ1) is 5.77. The minimum Gasteiger partial charge on any atom is -0.465 e. The van der Waals surface area contributed by atoms with Gasteiger partial charge >= 0.3 is 5.97 Å². The second-order valence-corrected chi connectivity index (χ2v) is 2.55. The van der Waals surface area contributed by atoms with Gasteiger partial charge in [0, 0.05) is 19.8 Å². The lowest BCUT2D eigenvalue weighted by Gasteiger charge is -1.94. The number of carbonyl (C=O) groups excluding carboxylic acids is 1. The molecule has 0 aliphatic rings. The Morgan fingerprint density at radius 2 is 2.00 bits per heavy atom. The summed E-state index contributed by atoms with van der Waals surface area (Å²) in [4.78, 5) is 10.3. The molecular weight excluding hydrogens is 152 g/mol. The summed E-state index contributed by atoms with van der Waals surface area (Å²) in [6.45, 7) is 3.97. The molecule has 0 fully saturated rings. The van der Waals surface area contributed by atoms with Gasteiger partial charge in [-0.2, -0.15) is 0 Å². The summed E-state index contributed by atoms with van der Waals surface area (Å²) in [7, 11) is 0. The van der Waals surface area contributed by atoms with Crippen LogP contribution < -0.4 is 0 Å². The average Bonchev–Trinajstić information content (AvgIpc) is 2.02. The Morgan fingerprint density at radius 3 is 2.58 bits per heavy atom. The van der Waals surface area contributed by atoms with Gasteiger partial charge in [0.15, 0.2) is 0 Å². The van der Waals surface area contributed by atoms with Crippen molar-refractivity contribution in [2.24, 2.45) is 0 Å². The molecule has 0 saturated heterocycles. The van der Waals surface area contributed by atoms with E-state index in [2.05, 4.69) is 18.8 Å². The van der Waals surface area contributed by atoms with Crippen LogP contribution in [0.25, 0.3) is 0 Å². The third-order valence-corrected chi connectivity index (χ3v) is 1.31. The molecule has 0 atom stereocenters. The first-order valence-electron chi connectivity index (χ1n) is 4.36. The molecule has 0 heterocycles. The van der Waals surface area contributed by atoms with Gasteiger partial charge in [-0.05, 0) is 6.42 Å². The van der Waals surface area contributed by atoms with E-state index in [-0.39, 0.29) is 5.97 Å². The van der Waals surface area contributed by atoms with E-state index < -0.39 is 0 Å². The molecule has 12 heavy (non-hydrogen) atoms. The molecular formula is C10H16O2. The van der Waals surface area contributed by atoms with Crippen LogP contribution in [0.2, 0.25) is 0 Å². The summed E-state index contributed by atoms with van der Waals surface area (Å²) >= 11 is 0. The highest BCUT2D eigenvalue weighted by atomic mass is 16.5. The monoisotopic (exact) mass is 168 g/mol. The van der Waals surface area contributed by atoms with E-state index in [9.17, 15) is 4.79 Å². The van der Waals surface area contributed by atoms with Gasteiger partial charge in [0.1, 0.15) is 6.61 Å². The highest BCUT2D eigenvalue weighted by Gasteiger charge is 1.87. The third kappa shape index (κ3) is 9.03. The fraction of sp³-hybridized carbons (Fsp3) is 0.700. The summed E-state index contributed by atoms with van der Waals surface area (Å²) in [6, 6.07) is 0. The molecule has 2 nitrogen and oxygen atoms in total. The zero-order valence-corrected chi connectivity index (χ0v) is 7.85. The van der Waals surface area contributed by atoms with E-state index in [1.807, 2.05) is 0 Å². The number of carbonyl (C=O) groups is 1. The summed E-state index contributed by atoms with van der Waals surface area (Å²) in [5.41, 5.74) is 0. The fourth-order valence-electron chi connectivity index (χ4n) is 0.688. The van der Waals surface area contributed by atoms with Gasteiger partial charge in [0.25, 0.3) is 0 Å². The molecule has 0 radical (unpaired) electrons. The van der Waals surface area contributed by atoms with E-state index in [0.29, 0.717) is 13.0 Å². The van der Waals surface area contributed by atoms with Crippen molar-refractivity contribution in [1.82, 2.24) is 0 Å². The molecule has 0 aromatic carbocycles. The van der Waals surface area contributed by atoms with Crippen molar-refractivity contribution in [1.29, 1.82) is 0 Å². The normalized spacial score (nSPS) is 8.50. The van der Waals surface area contributed by atoms with Crippen molar-refractivity contribution in [3.63, 3.8) is 0 Å². The number of ether oxygens (including phenoxy) is 1. The molecule has 0 bridgehead atoms. The van der Waals surface area contributed by atoms with Crippen molar-refractivity contribution in [2.45, 2.75) is 39.5 Å². The Morgan fingerprint density at radius 1 is 1.33 bits per heavy atom. The van der Waals surface area contributed by atoms with Gasteiger partial charge < -0.3 is 4.74 Å². The summed E-state index contributed by atoms with van der Waals surface area (Å²) in [5, 5.41) is 0. The molecule has 0 spiro atoms. The number of hydrogen-bond acceptors (Lipinski definition) is 2. The fourth-order valence-corrected chi connectivity index (χ4v) is 0.688. The van der Waals surface area contributed by atoms with Gasteiger partial charge in [-0.3, -0.25) is 4.79 Å². The predicted octanol–water partition coefficient (Wildman–Crippen LogP) is 2.13. The lowest BCUT2D eigenvalue weighted by atomic mass is 10.2. The standard InChI is InChI=1S/C10H16O2/c1-3-4-5-6-7-8-9-12-10(2)11/h3-5,8-9H2,1-2H3. The lowest BCUT2D eigenvalue weighted by molar-refractivity contribution is -0.140. The topological polar surface area (TPSA) is 26.3 Å². The second-order valence-electron chi connectivity index (χ2n) is 2.55. The van der Waals surface area contributed by atoms with Crippen molar-refractivity contribution >= 4 is 5.97 Å². The molecule has 0 rings (SSSR count). The van der Waals surface area contributed by atoms with Crippen LogP contribution in [0.1, 0.15) is 39.5 Å². The molecule has 2 heteroatoms. The zero-order valence-electron chi connectivity index (χ0n) is 7.85. The SMILES string of the molecule is CCCCC#CCCOC(C)=O. The minimum atomic E-state index is -0.231. The van der Waals surface area contributed by atoms with Gasteiger partial charge in [0.2, 0.25) is 0 Å². The summed E-state index contributed by atoms with van der Waals surface area (Å²) in [6.07, 6.45) is 3.94. The molecule has 0 aliphatic heterocycles. The lowest BCUT2D eigenvalue weighted by Crippen LogP contribution is -1.98. The van der Waals surface area contributed by atoms with Crippen LogP contribution in [0.4, 0.5) is 0 Å². The highest BCUT2D eigenvalue weighted by molar-refractivity contribution is 5.65. The molecule has 0 saturated carbocycles. The first-order valence-corrected chi connectivity index (χ1v) is 4.36. The van der Waals surface area contributed by atoms with Crippen LogP contribution in [0, 0.1) is 11.8 Å². The molecule has 0 aromatic heterocycles. The Hall–Kier alpha value is -0.970. The van der Waals surface area contributed by atoms with Gasteiger partial charge in [0.05, 0.1) is 0 Å². The molecule has 0 N–H and O–H groups in total. The Labute approximate surface area is 74.3 Å². The van der Waals surface area contributed by atoms with Crippen LogP contribution in [-0.2, 0) is 9.53 Å². The largest absolute Gasteiger partial charge is 0.465 e. The minimum absolute atomic E-state index is 0.231. The Balaban J connectivity index is 3.16. The quantitative estimate of drug-likeness (QED) is 0.365. The van der Waals surface area contributed by atoms with Crippen molar-refractivity contribution in [3.8, 4) is 11.8 Å². The highest BCUT2D eigenvalue weighted by Crippen LogP contribution is 1.91. The van der Waals surface area contributed by atoms with Crippen molar-refractivity contribution in [3.05, 3.63) is 0 Å². The van der Waals surface area contributed by atoms with Crippen LogP contribution in [0.15, 0.2) is 0 Å². The number of unbranched alkanes of at least 4 members (excludes halogenated alkanes) is 2. The van der Waals surface area contributed by atoms with Gasteiger partial charge in [-0.15, -0.1) is 5.92 Å². The van der Waals surface area contributed by atoms with Gasteiger partial charge in [-0.25, -0.2) is 0 Å². The first kappa shape index (κ1) is 11.0. The number of hydrogen-bond donors (Lipinski definition) is 0. The maximum Gasteiger partial charge on any atom is 0.302 e. The predicted molar refractivity (Wildman–Crippen MR) is 48.6 cm³/mol. The molecule has 0 amide bonds. The molecule has 0 unspecified atom stereocenters. The Bertz CT molecular complexity index is 174. The zero-order chi connectivity index (χ0) is 9.23. The number of rotatable bonds is 4. The average molecular weight is 168 g/mol. The van der Waals surface area contributed by atoms with Gasteiger partial charge in [-0.1, -0.05) is 19.3 Å². The van der Waals surface area contributed by atoms with E-state index >= 15 is 0 Å². The van der Waals surface area contributed by atoms with Crippen LogP contribution >= 0.6 is 0 Å². The van der Waals surface area contributed by atoms with Crippen molar-refractivity contribution < 1.29 is 9.53 Å². The Kier molecular flexibility index (Phi) is 7.47. The van der Waals surface area contributed by atoms with E-state index in [0.717, 1.165) is 12.8 Å². The molecule has 0 aliphatic carbocycles. The summed E-state index contributed by atoms with van der Waals surface area (Å²) < 4.78 is 4.71.